The minimum atomic E-state index is -0.687. The zero-order valence-corrected chi connectivity index (χ0v) is 19.3. The number of hydrogen-bond acceptors (Lipinski definition) is 4. The molecule has 1 rings (SSSR count). The molecule has 0 aromatic heterocycles. The van der Waals surface area contributed by atoms with Crippen molar-refractivity contribution in [1.29, 1.82) is 0 Å². The largest absolute Gasteiger partial charge is 0.497 e. The molecule has 0 saturated heterocycles. The van der Waals surface area contributed by atoms with Crippen LogP contribution in [0.1, 0.15) is 92.2 Å². The van der Waals surface area contributed by atoms with Gasteiger partial charge < -0.3 is 14.6 Å². The van der Waals surface area contributed by atoms with Gasteiger partial charge in [0.05, 0.1) is 19.1 Å². The highest BCUT2D eigenvalue weighted by Gasteiger charge is 2.32. The maximum absolute atomic E-state index is 12.9. The summed E-state index contributed by atoms with van der Waals surface area (Å²) in [6.07, 6.45) is 2.98. The monoisotopic (exact) mass is 392 g/mol. The summed E-state index contributed by atoms with van der Waals surface area (Å²) < 4.78 is 11.5. The summed E-state index contributed by atoms with van der Waals surface area (Å²) in [5.41, 5.74) is 1.40. The van der Waals surface area contributed by atoms with Crippen LogP contribution in [0.15, 0.2) is 12.1 Å². The number of hydrogen-bond donors (Lipinski definition) is 1. The lowest BCUT2D eigenvalue weighted by molar-refractivity contribution is -0.142. The van der Waals surface area contributed by atoms with Crippen LogP contribution in [-0.2, 0) is 15.6 Å². The Balaban J connectivity index is 3.29. The second kappa shape index (κ2) is 9.78. The molecule has 0 spiro atoms. The fraction of sp³-hybridized carbons (Fsp3) is 0.708. The molecule has 1 aromatic carbocycles. The lowest BCUT2D eigenvalue weighted by atomic mass is 9.79. The van der Waals surface area contributed by atoms with Crippen molar-refractivity contribution in [3.8, 4) is 11.5 Å². The van der Waals surface area contributed by atoms with Gasteiger partial charge in [0.15, 0.2) is 0 Å². The van der Waals surface area contributed by atoms with Crippen LogP contribution in [0.2, 0.25) is 0 Å². The SMILES string of the molecule is CCCCC[C@@H](O)[C@H](C)C(=O)Oc1c(C(C)(C)C)cc(OC)cc1C(C)(C)C. The molecular weight excluding hydrogens is 352 g/mol. The van der Waals surface area contributed by atoms with E-state index in [9.17, 15) is 9.90 Å². The molecule has 0 fully saturated rings. The summed E-state index contributed by atoms with van der Waals surface area (Å²) in [7, 11) is 1.65. The molecule has 2 atom stereocenters. The predicted octanol–water partition coefficient (Wildman–Crippen LogP) is 5.77. The highest BCUT2D eigenvalue weighted by atomic mass is 16.5. The maximum Gasteiger partial charge on any atom is 0.316 e. The molecule has 1 aromatic rings. The number of carbonyl (C=O) groups is 1. The molecule has 0 aliphatic rings. The van der Waals surface area contributed by atoms with Crippen LogP contribution in [-0.4, -0.2) is 24.3 Å². The second-order valence-electron chi connectivity index (χ2n) is 9.82. The molecule has 4 nitrogen and oxygen atoms in total. The lowest BCUT2D eigenvalue weighted by Gasteiger charge is -2.30. The first-order valence-corrected chi connectivity index (χ1v) is 10.5. The second-order valence-corrected chi connectivity index (χ2v) is 9.82. The van der Waals surface area contributed by atoms with Crippen LogP contribution < -0.4 is 9.47 Å². The van der Waals surface area contributed by atoms with Gasteiger partial charge in [-0.2, -0.15) is 0 Å². The van der Waals surface area contributed by atoms with Gasteiger partial charge in [-0.15, -0.1) is 0 Å². The Hall–Kier alpha value is -1.55. The van der Waals surface area contributed by atoms with Crippen molar-refractivity contribution in [2.45, 2.75) is 98.0 Å². The summed E-state index contributed by atoms with van der Waals surface area (Å²) in [5.74, 6) is 0.394. The number of aliphatic hydroxyl groups excluding tert-OH is 1. The zero-order valence-electron chi connectivity index (χ0n) is 19.3. The van der Waals surface area contributed by atoms with E-state index < -0.39 is 12.0 Å². The number of rotatable bonds is 8. The van der Waals surface area contributed by atoms with Gasteiger partial charge in [-0.1, -0.05) is 67.7 Å². The Morgan fingerprint density at radius 2 is 1.54 bits per heavy atom. The Bertz CT molecular complexity index is 615. The van der Waals surface area contributed by atoms with E-state index >= 15 is 0 Å². The maximum atomic E-state index is 12.9. The number of carbonyl (C=O) groups excluding carboxylic acids is 1. The quantitative estimate of drug-likeness (QED) is 0.346. The van der Waals surface area contributed by atoms with E-state index in [4.69, 9.17) is 9.47 Å². The number of benzene rings is 1. The van der Waals surface area contributed by atoms with Crippen molar-refractivity contribution in [2.75, 3.05) is 7.11 Å². The molecule has 1 N–H and O–H groups in total. The summed E-state index contributed by atoms with van der Waals surface area (Å²) >= 11 is 0. The molecule has 0 unspecified atom stereocenters. The molecule has 0 saturated carbocycles. The topological polar surface area (TPSA) is 55.8 Å². The molecule has 160 valence electrons. The Labute approximate surface area is 171 Å². The smallest absolute Gasteiger partial charge is 0.316 e. The summed E-state index contributed by atoms with van der Waals surface area (Å²) in [6, 6.07) is 3.89. The van der Waals surface area contributed by atoms with Crippen molar-refractivity contribution < 1.29 is 19.4 Å². The van der Waals surface area contributed by atoms with E-state index in [-0.39, 0.29) is 16.8 Å². The van der Waals surface area contributed by atoms with Gasteiger partial charge in [-0.3, -0.25) is 4.79 Å². The van der Waals surface area contributed by atoms with Crippen molar-refractivity contribution in [3.63, 3.8) is 0 Å². The van der Waals surface area contributed by atoms with Gasteiger partial charge in [0.1, 0.15) is 11.5 Å². The van der Waals surface area contributed by atoms with Crippen molar-refractivity contribution in [2.24, 2.45) is 5.92 Å². The van der Waals surface area contributed by atoms with Crippen LogP contribution in [0.3, 0.4) is 0 Å². The Morgan fingerprint density at radius 3 is 1.93 bits per heavy atom. The summed E-state index contributed by atoms with van der Waals surface area (Å²) in [5, 5.41) is 10.4. The number of esters is 1. The number of unbranched alkanes of at least 4 members (excludes halogenated alkanes) is 2. The molecule has 0 bridgehead atoms. The van der Waals surface area contributed by atoms with Gasteiger partial charge in [0.2, 0.25) is 0 Å². The van der Waals surface area contributed by atoms with E-state index in [1.54, 1.807) is 14.0 Å². The summed E-state index contributed by atoms with van der Waals surface area (Å²) in [6.45, 7) is 16.4. The van der Waals surface area contributed by atoms with E-state index in [2.05, 4.69) is 48.5 Å². The predicted molar refractivity (Wildman–Crippen MR) is 115 cm³/mol. The highest BCUT2D eigenvalue weighted by molar-refractivity contribution is 5.77. The molecule has 0 amide bonds. The number of aliphatic hydroxyl groups is 1. The normalized spacial score (nSPS) is 14.5. The van der Waals surface area contributed by atoms with Crippen LogP contribution in [0, 0.1) is 5.92 Å². The third kappa shape index (κ3) is 6.51. The van der Waals surface area contributed by atoms with Crippen molar-refractivity contribution >= 4 is 5.97 Å². The van der Waals surface area contributed by atoms with Gasteiger partial charge >= 0.3 is 5.97 Å². The zero-order chi connectivity index (χ0) is 21.7. The molecule has 0 aliphatic carbocycles. The average Bonchev–Trinajstić information content (AvgIpc) is 2.59. The Kier molecular flexibility index (Phi) is 8.55. The van der Waals surface area contributed by atoms with Gasteiger partial charge in [-0.05, 0) is 36.3 Å². The summed E-state index contributed by atoms with van der Waals surface area (Å²) in [4.78, 5) is 12.9. The van der Waals surface area contributed by atoms with Crippen LogP contribution in [0.4, 0.5) is 0 Å². The molecule has 28 heavy (non-hydrogen) atoms. The lowest BCUT2D eigenvalue weighted by Crippen LogP contribution is -2.31. The third-order valence-electron chi connectivity index (χ3n) is 5.17. The van der Waals surface area contributed by atoms with Crippen molar-refractivity contribution in [1.82, 2.24) is 0 Å². The van der Waals surface area contributed by atoms with E-state index in [1.165, 1.54) is 0 Å². The highest BCUT2D eigenvalue weighted by Crippen LogP contribution is 2.42. The standard InChI is InChI=1S/C24H40O4/c1-10-11-12-13-20(25)16(2)22(26)28-21-18(23(3,4)5)14-17(27-9)15-19(21)24(6,7)8/h14-16,20,25H,10-13H2,1-9H3/t16-,20+/m0/s1. The fourth-order valence-electron chi connectivity index (χ4n) is 3.15. The first kappa shape index (κ1) is 24.5. The van der Waals surface area contributed by atoms with E-state index in [0.29, 0.717) is 12.2 Å². The van der Waals surface area contributed by atoms with Gasteiger partial charge in [0, 0.05) is 11.1 Å². The first-order valence-electron chi connectivity index (χ1n) is 10.5. The molecule has 4 heteroatoms. The number of ether oxygens (including phenoxy) is 2. The van der Waals surface area contributed by atoms with E-state index in [0.717, 1.165) is 36.1 Å². The first-order chi connectivity index (χ1) is 12.8. The molecule has 0 aliphatic heterocycles. The van der Waals surface area contributed by atoms with Crippen LogP contribution in [0.5, 0.6) is 11.5 Å². The average molecular weight is 393 g/mol. The van der Waals surface area contributed by atoms with Gasteiger partial charge in [-0.25, -0.2) is 0 Å². The van der Waals surface area contributed by atoms with Gasteiger partial charge in [0.25, 0.3) is 0 Å². The van der Waals surface area contributed by atoms with E-state index in [1.807, 2.05) is 12.1 Å². The number of methoxy groups -OCH3 is 1. The van der Waals surface area contributed by atoms with Crippen LogP contribution in [0.25, 0.3) is 0 Å². The minimum Gasteiger partial charge on any atom is -0.497 e. The minimum absolute atomic E-state index is 0.229. The van der Waals surface area contributed by atoms with Crippen molar-refractivity contribution in [3.05, 3.63) is 23.3 Å². The third-order valence-corrected chi connectivity index (χ3v) is 5.17. The molecule has 0 radical (unpaired) electrons. The fourth-order valence-corrected chi connectivity index (χ4v) is 3.15. The molecule has 0 heterocycles. The molecular formula is C24H40O4. The Morgan fingerprint density at radius 1 is 1.04 bits per heavy atom. The van der Waals surface area contributed by atoms with Crippen LogP contribution >= 0.6 is 0 Å².